The first-order valence-electron chi connectivity index (χ1n) is 4.30. The molecule has 0 radical (unpaired) electrons. The van der Waals surface area contributed by atoms with Gasteiger partial charge in [0.25, 0.3) is 0 Å². The number of hydrogen-bond donors (Lipinski definition) is 1. The Morgan fingerprint density at radius 3 is 3.00 bits per heavy atom. The maximum absolute atomic E-state index is 10.8. The average Bonchev–Trinajstić information content (AvgIpc) is 2.26. The molecule has 0 amide bonds. The second-order valence-electron chi connectivity index (χ2n) is 2.81. The van der Waals surface area contributed by atoms with E-state index in [9.17, 15) is 4.79 Å². The third-order valence-electron chi connectivity index (χ3n) is 1.81. The number of nitrogens with zero attached hydrogens (tertiary/aromatic N) is 2. The van der Waals surface area contributed by atoms with Crippen LogP contribution in [0.2, 0.25) is 0 Å². The van der Waals surface area contributed by atoms with Crippen molar-refractivity contribution in [2.45, 2.75) is 13.0 Å². The molecule has 1 aromatic heterocycles. The van der Waals surface area contributed by atoms with Gasteiger partial charge in [0.15, 0.2) is 0 Å². The minimum absolute atomic E-state index is 0.0113. The van der Waals surface area contributed by atoms with Gasteiger partial charge in [-0.15, -0.1) is 0 Å². The van der Waals surface area contributed by atoms with Gasteiger partial charge in [-0.25, -0.2) is 0 Å². The summed E-state index contributed by atoms with van der Waals surface area (Å²) in [5.41, 5.74) is 0.802. The zero-order chi connectivity index (χ0) is 10.4. The lowest BCUT2D eigenvalue weighted by Gasteiger charge is -2.11. The molecule has 5 nitrogen and oxygen atoms in total. The summed E-state index contributed by atoms with van der Waals surface area (Å²) in [5, 5.41) is 2.97. The monoisotopic (exact) mass is 195 g/mol. The zero-order valence-electron chi connectivity index (χ0n) is 8.23. The number of methoxy groups -OCH3 is 1. The molecule has 76 valence electrons. The minimum Gasteiger partial charge on any atom is -0.468 e. The van der Waals surface area contributed by atoms with Gasteiger partial charge in [-0.3, -0.25) is 20.1 Å². The molecule has 0 bridgehead atoms. The highest BCUT2D eigenvalue weighted by atomic mass is 16.5. The Hall–Kier alpha value is -1.49. The molecule has 0 saturated heterocycles. The van der Waals surface area contributed by atoms with Crippen LogP contribution in [0.5, 0.6) is 0 Å². The normalized spacial score (nSPS) is 12.1. The molecule has 1 N–H and O–H groups in total. The average molecular weight is 195 g/mol. The molecule has 5 heteroatoms. The lowest BCUT2D eigenvalue weighted by atomic mass is 10.2. The summed E-state index contributed by atoms with van der Waals surface area (Å²) < 4.78 is 4.50. The van der Waals surface area contributed by atoms with Crippen LogP contribution < -0.4 is 5.32 Å². The molecule has 1 heterocycles. The molecule has 0 aromatic carbocycles. The molecule has 0 fully saturated rings. The van der Waals surface area contributed by atoms with Gasteiger partial charge in [-0.1, -0.05) is 0 Å². The summed E-state index contributed by atoms with van der Waals surface area (Å²) in [6, 6.07) is -0.0113. The van der Waals surface area contributed by atoms with Crippen LogP contribution in [0.3, 0.4) is 0 Å². The van der Waals surface area contributed by atoms with Crippen LogP contribution >= 0.6 is 0 Å². The van der Waals surface area contributed by atoms with E-state index in [4.69, 9.17) is 0 Å². The third kappa shape index (κ3) is 3.10. The fourth-order valence-electron chi connectivity index (χ4n) is 0.947. The molecular weight excluding hydrogens is 182 g/mol. The summed E-state index contributed by atoms with van der Waals surface area (Å²) in [4.78, 5) is 18.9. The van der Waals surface area contributed by atoms with Crippen molar-refractivity contribution in [2.24, 2.45) is 0 Å². The van der Waals surface area contributed by atoms with Gasteiger partial charge in [0.05, 0.1) is 19.3 Å². The molecule has 0 aliphatic heterocycles. The van der Waals surface area contributed by atoms with Gasteiger partial charge >= 0.3 is 5.97 Å². The van der Waals surface area contributed by atoms with Crippen LogP contribution in [-0.2, 0) is 9.53 Å². The molecule has 14 heavy (non-hydrogen) atoms. The number of ether oxygens (including phenoxy) is 1. The van der Waals surface area contributed by atoms with Crippen molar-refractivity contribution in [3.8, 4) is 0 Å². The summed E-state index contributed by atoms with van der Waals surface area (Å²) in [7, 11) is 1.36. The van der Waals surface area contributed by atoms with Crippen LogP contribution in [0.4, 0.5) is 0 Å². The second kappa shape index (κ2) is 5.29. The van der Waals surface area contributed by atoms with E-state index >= 15 is 0 Å². The van der Waals surface area contributed by atoms with E-state index in [1.807, 2.05) is 6.92 Å². The molecule has 0 aliphatic carbocycles. The number of rotatable bonds is 4. The number of carbonyl (C=O) groups is 1. The Morgan fingerprint density at radius 2 is 2.43 bits per heavy atom. The predicted octanol–water partition coefficient (Wildman–Crippen LogP) is 0.300. The highest BCUT2D eigenvalue weighted by Gasteiger charge is 2.08. The largest absolute Gasteiger partial charge is 0.468 e. The lowest BCUT2D eigenvalue weighted by molar-refractivity contribution is -0.139. The lowest BCUT2D eigenvalue weighted by Crippen LogP contribution is -2.27. The Labute approximate surface area is 82.5 Å². The van der Waals surface area contributed by atoms with Gasteiger partial charge in [0.2, 0.25) is 0 Å². The van der Waals surface area contributed by atoms with Gasteiger partial charge < -0.3 is 4.74 Å². The van der Waals surface area contributed by atoms with Gasteiger partial charge in [-0.2, -0.15) is 0 Å². The number of hydrogen-bond acceptors (Lipinski definition) is 5. The van der Waals surface area contributed by atoms with E-state index in [-0.39, 0.29) is 18.6 Å². The van der Waals surface area contributed by atoms with Crippen LogP contribution in [0, 0.1) is 0 Å². The number of esters is 1. The maximum atomic E-state index is 10.8. The molecule has 0 spiro atoms. The fraction of sp³-hybridized carbons (Fsp3) is 0.444. The third-order valence-corrected chi connectivity index (χ3v) is 1.81. The quantitative estimate of drug-likeness (QED) is 0.700. The maximum Gasteiger partial charge on any atom is 0.319 e. The summed E-state index contributed by atoms with van der Waals surface area (Å²) >= 11 is 0. The summed E-state index contributed by atoms with van der Waals surface area (Å²) in [5.74, 6) is -0.291. The number of aromatic nitrogens is 2. The Balaban J connectivity index is 2.43. The van der Waals surface area contributed by atoms with Crippen LogP contribution in [0.1, 0.15) is 18.7 Å². The SMILES string of the molecule is COC(=O)CNC(C)c1cnccn1. The first-order chi connectivity index (χ1) is 6.74. The van der Waals surface area contributed by atoms with Crippen LogP contribution in [-0.4, -0.2) is 29.6 Å². The van der Waals surface area contributed by atoms with Crippen molar-refractivity contribution in [2.75, 3.05) is 13.7 Å². The van der Waals surface area contributed by atoms with Crippen molar-refractivity contribution in [3.05, 3.63) is 24.3 Å². The van der Waals surface area contributed by atoms with E-state index in [0.717, 1.165) is 5.69 Å². The molecule has 1 unspecified atom stereocenters. The van der Waals surface area contributed by atoms with Crippen molar-refractivity contribution >= 4 is 5.97 Å². The number of nitrogens with one attached hydrogen (secondary N) is 1. The topological polar surface area (TPSA) is 64.1 Å². The van der Waals surface area contributed by atoms with E-state index < -0.39 is 0 Å². The molecule has 1 aromatic rings. The summed E-state index contributed by atoms with van der Waals surface area (Å²) in [6.07, 6.45) is 4.89. The highest BCUT2D eigenvalue weighted by Crippen LogP contribution is 2.05. The molecule has 0 aliphatic rings. The van der Waals surface area contributed by atoms with E-state index in [2.05, 4.69) is 20.0 Å². The smallest absolute Gasteiger partial charge is 0.319 e. The van der Waals surface area contributed by atoms with E-state index in [1.54, 1.807) is 18.6 Å². The van der Waals surface area contributed by atoms with Crippen LogP contribution in [0.15, 0.2) is 18.6 Å². The predicted molar refractivity (Wildman–Crippen MR) is 50.5 cm³/mol. The molecule has 1 atom stereocenters. The van der Waals surface area contributed by atoms with Crippen LogP contribution in [0.25, 0.3) is 0 Å². The summed E-state index contributed by atoms with van der Waals surface area (Å²) in [6.45, 7) is 2.08. The zero-order valence-corrected chi connectivity index (χ0v) is 8.23. The highest BCUT2D eigenvalue weighted by molar-refractivity contribution is 5.71. The first-order valence-corrected chi connectivity index (χ1v) is 4.30. The molecule has 1 rings (SSSR count). The first kappa shape index (κ1) is 10.6. The van der Waals surface area contributed by atoms with Crippen molar-refractivity contribution in [3.63, 3.8) is 0 Å². The minimum atomic E-state index is -0.291. The van der Waals surface area contributed by atoms with Gasteiger partial charge in [0.1, 0.15) is 0 Å². The standard InChI is InChI=1S/C9H13N3O2/c1-7(12-6-9(13)14-2)8-5-10-3-4-11-8/h3-5,7,12H,6H2,1-2H3. The van der Waals surface area contributed by atoms with Crippen molar-refractivity contribution < 1.29 is 9.53 Å². The molecular formula is C9H13N3O2. The molecule has 0 saturated carbocycles. The van der Waals surface area contributed by atoms with Crippen molar-refractivity contribution in [1.82, 2.24) is 15.3 Å². The Kier molecular flexibility index (Phi) is 4.00. The second-order valence-corrected chi connectivity index (χ2v) is 2.81. The Bertz CT molecular complexity index is 289. The fourth-order valence-corrected chi connectivity index (χ4v) is 0.947. The van der Waals surface area contributed by atoms with Gasteiger partial charge in [-0.05, 0) is 6.92 Å². The van der Waals surface area contributed by atoms with E-state index in [1.165, 1.54) is 7.11 Å². The van der Waals surface area contributed by atoms with Crippen molar-refractivity contribution in [1.29, 1.82) is 0 Å². The number of carbonyl (C=O) groups excluding carboxylic acids is 1. The van der Waals surface area contributed by atoms with E-state index in [0.29, 0.717) is 0 Å². The Morgan fingerprint density at radius 1 is 1.64 bits per heavy atom. The van der Waals surface area contributed by atoms with Gasteiger partial charge in [0, 0.05) is 24.6 Å².